The number of rotatable bonds is 6. The first-order valence-corrected chi connectivity index (χ1v) is 7.57. The van der Waals surface area contributed by atoms with E-state index in [-0.39, 0.29) is 5.69 Å². The molecule has 2 aromatic carbocycles. The molecule has 0 fully saturated rings. The average Bonchev–Trinajstić information content (AvgIpc) is 2.98. The number of para-hydroxylation sites is 2. The van der Waals surface area contributed by atoms with Crippen molar-refractivity contribution >= 4 is 22.5 Å². The molecular weight excluding hydrogens is 308 g/mol. The van der Waals surface area contributed by atoms with E-state index in [4.69, 9.17) is 4.42 Å². The van der Waals surface area contributed by atoms with Gasteiger partial charge in [-0.15, -0.1) is 0 Å². The Morgan fingerprint density at radius 1 is 1.25 bits per heavy atom. The van der Waals surface area contributed by atoms with Crippen molar-refractivity contribution in [2.24, 2.45) is 0 Å². The van der Waals surface area contributed by atoms with Crippen molar-refractivity contribution in [2.45, 2.75) is 0 Å². The molecule has 0 saturated heterocycles. The van der Waals surface area contributed by atoms with Crippen LogP contribution in [0.1, 0.15) is 0 Å². The minimum Gasteiger partial charge on any atom is -0.436 e. The molecule has 24 heavy (non-hydrogen) atoms. The number of nitro groups is 1. The predicted octanol–water partition coefficient (Wildman–Crippen LogP) is 3.38. The van der Waals surface area contributed by atoms with Crippen LogP contribution in [0.3, 0.4) is 0 Å². The quantitative estimate of drug-likeness (QED) is 0.552. The minimum atomic E-state index is -0.399. The lowest BCUT2D eigenvalue weighted by molar-refractivity contribution is -0.383. The largest absolute Gasteiger partial charge is 0.436 e. The zero-order valence-corrected chi connectivity index (χ0v) is 13.5. The Labute approximate surface area is 139 Å². The zero-order chi connectivity index (χ0) is 17.1. The molecule has 3 rings (SSSR count). The maximum Gasteiger partial charge on any atom is 0.293 e. The number of likely N-dealkylation sites (N-methyl/N-ethyl adjacent to an activating group) is 1. The molecule has 3 aromatic rings. The van der Waals surface area contributed by atoms with Gasteiger partial charge in [-0.25, -0.2) is 4.98 Å². The number of hydrogen-bond donors (Lipinski definition) is 1. The van der Waals surface area contributed by atoms with Crippen molar-refractivity contribution in [3.05, 3.63) is 52.6 Å². The topological polar surface area (TPSA) is 84.4 Å². The molecule has 0 aliphatic heterocycles. The summed E-state index contributed by atoms with van der Waals surface area (Å²) in [6.07, 6.45) is 0. The lowest BCUT2D eigenvalue weighted by Gasteiger charge is -2.11. The maximum atomic E-state index is 11.4. The van der Waals surface area contributed by atoms with Crippen LogP contribution < -0.4 is 5.32 Å². The van der Waals surface area contributed by atoms with Crippen LogP contribution in [-0.2, 0) is 0 Å². The van der Waals surface area contributed by atoms with E-state index in [2.05, 4.69) is 10.3 Å². The van der Waals surface area contributed by atoms with Crippen molar-refractivity contribution in [1.82, 2.24) is 9.88 Å². The number of nitrogens with zero attached hydrogens (tertiary/aromatic N) is 3. The number of oxazole rings is 1. The molecule has 0 spiro atoms. The van der Waals surface area contributed by atoms with Crippen molar-refractivity contribution < 1.29 is 9.34 Å². The molecule has 0 amide bonds. The van der Waals surface area contributed by atoms with Crippen molar-refractivity contribution in [3.8, 4) is 11.5 Å². The fourth-order valence-electron chi connectivity index (χ4n) is 2.38. The fraction of sp³-hybridized carbons (Fsp3) is 0.235. The highest BCUT2D eigenvalue weighted by Gasteiger charge is 2.17. The zero-order valence-electron chi connectivity index (χ0n) is 13.5. The SMILES string of the molecule is CN(C)CCNc1ccc(-c2nc3ccccc3o2)cc1[N+](=O)[O-]. The summed E-state index contributed by atoms with van der Waals surface area (Å²) in [5, 5.41) is 14.5. The monoisotopic (exact) mass is 326 g/mol. The number of nitro benzene ring substituents is 1. The van der Waals surface area contributed by atoms with Crippen LogP contribution in [0.25, 0.3) is 22.6 Å². The normalized spacial score (nSPS) is 11.1. The second kappa shape index (κ2) is 6.67. The summed E-state index contributed by atoms with van der Waals surface area (Å²) in [7, 11) is 3.90. The van der Waals surface area contributed by atoms with Crippen LogP contribution in [0.2, 0.25) is 0 Å². The molecule has 124 valence electrons. The smallest absolute Gasteiger partial charge is 0.293 e. The molecule has 0 radical (unpaired) electrons. The lowest BCUT2D eigenvalue weighted by atomic mass is 10.1. The highest BCUT2D eigenvalue weighted by molar-refractivity contribution is 5.77. The van der Waals surface area contributed by atoms with Gasteiger partial charge in [-0.2, -0.15) is 0 Å². The summed E-state index contributed by atoms with van der Waals surface area (Å²) in [5.41, 5.74) is 2.46. The number of fused-ring (bicyclic) bond motifs is 1. The predicted molar refractivity (Wildman–Crippen MR) is 93.1 cm³/mol. The molecular formula is C17H18N4O3. The van der Waals surface area contributed by atoms with Gasteiger partial charge in [0, 0.05) is 24.7 Å². The van der Waals surface area contributed by atoms with Gasteiger partial charge in [0.2, 0.25) is 5.89 Å². The van der Waals surface area contributed by atoms with Gasteiger partial charge < -0.3 is 14.6 Å². The Hall–Kier alpha value is -2.93. The van der Waals surface area contributed by atoms with E-state index in [0.29, 0.717) is 29.3 Å². The first-order valence-electron chi connectivity index (χ1n) is 7.57. The van der Waals surface area contributed by atoms with Gasteiger partial charge in [0.15, 0.2) is 5.58 Å². The highest BCUT2D eigenvalue weighted by Crippen LogP contribution is 2.31. The van der Waals surface area contributed by atoms with Crippen LogP contribution in [0.15, 0.2) is 46.9 Å². The van der Waals surface area contributed by atoms with E-state index in [1.165, 1.54) is 6.07 Å². The van der Waals surface area contributed by atoms with Gasteiger partial charge in [0.05, 0.1) is 4.92 Å². The molecule has 1 heterocycles. The molecule has 0 saturated carbocycles. The van der Waals surface area contributed by atoms with Gasteiger partial charge in [0.1, 0.15) is 11.2 Å². The third-order valence-corrected chi connectivity index (χ3v) is 3.61. The van der Waals surface area contributed by atoms with E-state index in [9.17, 15) is 10.1 Å². The molecule has 1 N–H and O–H groups in total. The van der Waals surface area contributed by atoms with E-state index < -0.39 is 4.92 Å². The summed E-state index contributed by atoms with van der Waals surface area (Å²) in [6, 6.07) is 12.3. The molecule has 1 aromatic heterocycles. The molecule has 7 nitrogen and oxygen atoms in total. The van der Waals surface area contributed by atoms with E-state index in [1.807, 2.05) is 43.3 Å². The Morgan fingerprint density at radius 3 is 2.75 bits per heavy atom. The number of nitrogens with one attached hydrogen (secondary N) is 1. The Morgan fingerprint density at radius 2 is 2.04 bits per heavy atom. The van der Waals surface area contributed by atoms with Crippen LogP contribution in [0, 0.1) is 10.1 Å². The molecule has 0 unspecified atom stereocenters. The van der Waals surface area contributed by atoms with Gasteiger partial charge in [-0.05, 0) is 38.4 Å². The number of benzene rings is 2. The summed E-state index contributed by atoms with van der Waals surface area (Å²) in [6.45, 7) is 1.40. The summed E-state index contributed by atoms with van der Waals surface area (Å²) in [4.78, 5) is 17.4. The van der Waals surface area contributed by atoms with Crippen LogP contribution in [0.5, 0.6) is 0 Å². The average molecular weight is 326 g/mol. The van der Waals surface area contributed by atoms with Gasteiger partial charge >= 0.3 is 0 Å². The number of anilines is 1. The molecule has 0 aliphatic rings. The summed E-state index contributed by atoms with van der Waals surface area (Å²) in [5.74, 6) is 0.374. The molecule has 0 atom stereocenters. The molecule has 0 bridgehead atoms. The second-order valence-corrected chi connectivity index (χ2v) is 5.71. The number of hydrogen-bond acceptors (Lipinski definition) is 6. The maximum absolute atomic E-state index is 11.4. The van der Waals surface area contributed by atoms with Crippen molar-refractivity contribution in [1.29, 1.82) is 0 Å². The minimum absolute atomic E-state index is 0.00788. The Bertz CT molecular complexity index is 840. The van der Waals surface area contributed by atoms with Gasteiger partial charge in [-0.3, -0.25) is 10.1 Å². The first-order chi connectivity index (χ1) is 11.5. The Balaban J connectivity index is 1.92. The van der Waals surface area contributed by atoms with Crippen molar-refractivity contribution in [3.63, 3.8) is 0 Å². The van der Waals surface area contributed by atoms with Crippen LogP contribution in [-0.4, -0.2) is 42.0 Å². The standard InChI is InChI=1S/C17H18N4O3/c1-20(2)10-9-18-13-8-7-12(11-15(13)21(22)23)17-19-14-5-3-4-6-16(14)24-17/h3-8,11,18H,9-10H2,1-2H3. The molecule has 0 aliphatic carbocycles. The lowest BCUT2D eigenvalue weighted by Crippen LogP contribution is -2.21. The van der Waals surface area contributed by atoms with E-state index in [0.717, 1.165) is 12.1 Å². The van der Waals surface area contributed by atoms with E-state index >= 15 is 0 Å². The van der Waals surface area contributed by atoms with E-state index in [1.54, 1.807) is 12.1 Å². The number of aromatic nitrogens is 1. The van der Waals surface area contributed by atoms with Crippen LogP contribution in [0.4, 0.5) is 11.4 Å². The van der Waals surface area contributed by atoms with Gasteiger partial charge in [-0.1, -0.05) is 12.1 Å². The third kappa shape index (κ3) is 3.36. The van der Waals surface area contributed by atoms with Crippen LogP contribution >= 0.6 is 0 Å². The summed E-state index contributed by atoms with van der Waals surface area (Å²) >= 11 is 0. The highest BCUT2D eigenvalue weighted by atomic mass is 16.6. The fourth-order valence-corrected chi connectivity index (χ4v) is 2.38. The second-order valence-electron chi connectivity index (χ2n) is 5.71. The summed E-state index contributed by atoms with van der Waals surface area (Å²) < 4.78 is 5.68. The third-order valence-electron chi connectivity index (χ3n) is 3.61. The molecule has 7 heteroatoms. The Kier molecular flexibility index (Phi) is 4.43. The first kappa shape index (κ1) is 15.9. The van der Waals surface area contributed by atoms with Gasteiger partial charge in [0.25, 0.3) is 5.69 Å². The van der Waals surface area contributed by atoms with Crippen molar-refractivity contribution in [2.75, 3.05) is 32.5 Å².